The molecule has 1 atom stereocenters. The number of benzene rings is 1. The number of nitrogens with zero attached hydrogens (tertiary/aromatic N) is 1. The molecule has 0 aliphatic carbocycles. The van der Waals surface area contributed by atoms with E-state index in [1.54, 1.807) is 13.0 Å². The smallest absolute Gasteiger partial charge is 0.326 e. The van der Waals surface area contributed by atoms with Crippen LogP contribution in [0.15, 0.2) is 29.2 Å². The standard InChI is InChI=1S/C18H21NO5S/c1-4-12(3)24-14-8-6-13(7-9-14)10-15-17(21)19(18(22)25-15)11-16(20)23-5-2/h6-10,12H,4-5,11H2,1-3H3. The Morgan fingerprint density at radius 2 is 1.92 bits per heavy atom. The number of hydrogen-bond acceptors (Lipinski definition) is 6. The van der Waals surface area contributed by atoms with E-state index < -0.39 is 17.1 Å². The maximum absolute atomic E-state index is 12.3. The maximum atomic E-state index is 12.3. The number of thioether (sulfide) groups is 1. The molecule has 6 nitrogen and oxygen atoms in total. The van der Waals surface area contributed by atoms with E-state index in [0.717, 1.165) is 34.4 Å². The molecule has 2 amide bonds. The summed E-state index contributed by atoms with van der Waals surface area (Å²) in [4.78, 5) is 36.9. The van der Waals surface area contributed by atoms with Crippen molar-refractivity contribution >= 4 is 35.0 Å². The van der Waals surface area contributed by atoms with Gasteiger partial charge in [-0.05, 0) is 55.8 Å². The molecule has 1 aliphatic rings. The van der Waals surface area contributed by atoms with Crippen LogP contribution in [0.4, 0.5) is 4.79 Å². The zero-order valence-electron chi connectivity index (χ0n) is 14.5. The maximum Gasteiger partial charge on any atom is 0.326 e. The summed E-state index contributed by atoms with van der Waals surface area (Å²) in [6, 6.07) is 7.27. The van der Waals surface area contributed by atoms with Gasteiger partial charge >= 0.3 is 5.97 Å². The summed E-state index contributed by atoms with van der Waals surface area (Å²) in [5.41, 5.74) is 0.776. The number of rotatable bonds is 7. The number of esters is 1. The van der Waals surface area contributed by atoms with Gasteiger partial charge in [0.25, 0.3) is 11.1 Å². The van der Waals surface area contributed by atoms with Gasteiger partial charge < -0.3 is 9.47 Å². The van der Waals surface area contributed by atoms with Crippen molar-refractivity contribution in [2.24, 2.45) is 0 Å². The third-order valence-electron chi connectivity index (χ3n) is 3.56. The minimum Gasteiger partial charge on any atom is -0.491 e. The highest BCUT2D eigenvalue weighted by atomic mass is 32.2. The van der Waals surface area contributed by atoms with Crippen molar-refractivity contribution in [2.45, 2.75) is 33.3 Å². The minimum atomic E-state index is -0.599. The Morgan fingerprint density at radius 1 is 1.24 bits per heavy atom. The quantitative estimate of drug-likeness (QED) is 0.546. The molecular formula is C18H21NO5S. The normalized spacial score (nSPS) is 17.1. The van der Waals surface area contributed by atoms with Gasteiger partial charge in [0.05, 0.1) is 17.6 Å². The molecular weight excluding hydrogens is 342 g/mol. The fraction of sp³-hybridized carbons (Fsp3) is 0.389. The van der Waals surface area contributed by atoms with Gasteiger partial charge in [0, 0.05) is 0 Å². The Hall–Kier alpha value is -2.28. The lowest BCUT2D eigenvalue weighted by molar-refractivity contribution is -0.145. The van der Waals surface area contributed by atoms with Crippen molar-refractivity contribution in [3.8, 4) is 5.75 Å². The molecule has 1 heterocycles. The van der Waals surface area contributed by atoms with Gasteiger partial charge in [0.15, 0.2) is 0 Å². The number of hydrogen-bond donors (Lipinski definition) is 0. The molecule has 1 fully saturated rings. The van der Waals surface area contributed by atoms with Gasteiger partial charge in [0.2, 0.25) is 0 Å². The zero-order valence-corrected chi connectivity index (χ0v) is 15.3. The third kappa shape index (κ3) is 5.09. The predicted octanol–water partition coefficient (Wildman–Crippen LogP) is 3.46. The van der Waals surface area contributed by atoms with E-state index in [1.165, 1.54) is 0 Å². The first-order valence-electron chi connectivity index (χ1n) is 8.12. The first-order chi connectivity index (χ1) is 11.9. The van der Waals surface area contributed by atoms with E-state index in [2.05, 4.69) is 0 Å². The Bertz CT molecular complexity index is 683. The molecule has 1 unspecified atom stereocenters. The van der Waals surface area contributed by atoms with Gasteiger partial charge in [-0.1, -0.05) is 19.1 Å². The van der Waals surface area contributed by atoms with Crippen molar-refractivity contribution < 1.29 is 23.9 Å². The van der Waals surface area contributed by atoms with Crippen LogP contribution in [0, 0.1) is 0 Å². The lowest BCUT2D eigenvalue weighted by Crippen LogP contribution is -2.34. The van der Waals surface area contributed by atoms with Crippen molar-refractivity contribution in [3.63, 3.8) is 0 Å². The summed E-state index contributed by atoms with van der Waals surface area (Å²) >= 11 is 0.815. The molecule has 0 spiro atoms. The summed E-state index contributed by atoms with van der Waals surface area (Å²) in [5.74, 6) is -0.331. The molecule has 0 aromatic heterocycles. The number of ether oxygens (including phenoxy) is 2. The molecule has 0 saturated carbocycles. The van der Waals surface area contributed by atoms with Gasteiger partial charge in [-0.25, -0.2) is 0 Å². The van der Waals surface area contributed by atoms with Crippen molar-refractivity contribution in [2.75, 3.05) is 13.2 Å². The SMILES string of the molecule is CCOC(=O)CN1C(=O)SC(=Cc2ccc(OC(C)CC)cc2)C1=O. The van der Waals surface area contributed by atoms with Crippen molar-refractivity contribution in [1.29, 1.82) is 0 Å². The Labute approximate surface area is 151 Å². The Morgan fingerprint density at radius 3 is 2.52 bits per heavy atom. The third-order valence-corrected chi connectivity index (χ3v) is 4.46. The first kappa shape index (κ1) is 19.1. The lowest BCUT2D eigenvalue weighted by Gasteiger charge is -2.12. The largest absolute Gasteiger partial charge is 0.491 e. The zero-order chi connectivity index (χ0) is 18.4. The number of carbonyl (C=O) groups excluding carboxylic acids is 3. The van der Waals surface area contributed by atoms with E-state index in [-0.39, 0.29) is 24.2 Å². The molecule has 2 rings (SSSR count). The van der Waals surface area contributed by atoms with Crippen molar-refractivity contribution in [1.82, 2.24) is 4.90 Å². The minimum absolute atomic E-state index is 0.130. The average Bonchev–Trinajstić information content (AvgIpc) is 2.84. The van der Waals surface area contributed by atoms with Gasteiger partial charge in [-0.15, -0.1) is 0 Å². The lowest BCUT2D eigenvalue weighted by atomic mass is 10.2. The number of amides is 2. The van der Waals surface area contributed by atoms with Crippen LogP contribution in [-0.4, -0.2) is 41.3 Å². The van der Waals surface area contributed by atoms with Crippen LogP contribution in [-0.2, 0) is 14.3 Å². The number of carbonyl (C=O) groups is 3. The summed E-state index contributed by atoms with van der Waals surface area (Å²) in [7, 11) is 0. The van der Waals surface area contributed by atoms with Crippen LogP contribution in [0.2, 0.25) is 0 Å². The Kier molecular flexibility index (Phi) is 6.64. The molecule has 0 N–H and O–H groups in total. The van der Waals surface area contributed by atoms with E-state index in [9.17, 15) is 14.4 Å². The summed E-state index contributed by atoms with van der Waals surface area (Å²) in [5, 5.41) is -0.471. The highest BCUT2D eigenvalue weighted by Crippen LogP contribution is 2.32. The summed E-state index contributed by atoms with van der Waals surface area (Å²) in [6.45, 7) is 5.55. The average molecular weight is 363 g/mol. The highest BCUT2D eigenvalue weighted by Gasteiger charge is 2.36. The van der Waals surface area contributed by atoms with Crippen LogP contribution >= 0.6 is 11.8 Å². The predicted molar refractivity (Wildman–Crippen MR) is 96.1 cm³/mol. The monoisotopic (exact) mass is 363 g/mol. The molecule has 1 aliphatic heterocycles. The topological polar surface area (TPSA) is 72.9 Å². The second-order valence-corrected chi connectivity index (χ2v) is 6.47. The molecule has 7 heteroatoms. The van der Waals surface area contributed by atoms with Gasteiger partial charge in [0.1, 0.15) is 12.3 Å². The molecule has 1 aromatic rings. The highest BCUT2D eigenvalue weighted by molar-refractivity contribution is 8.18. The van der Waals surface area contributed by atoms with E-state index in [1.807, 2.05) is 38.1 Å². The van der Waals surface area contributed by atoms with Crippen LogP contribution in [0.25, 0.3) is 6.08 Å². The van der Waals surface area contributed by atoms with E-state index in [0.29, 0.717) is 0 Å². The van der Waals surface area contributed by atoms with E-state index in [4.69, 9.17) is 9.47 Å². The van der Waals surface area contributed by atoms with E-state index >= 15 is 0 Å². The molecule has 0 radical (unpaired) electrons. The second kappa shape index (κ2) is 8.71. The molecule has 25 heavy (non-hydrogen) atoms. The first-order valence-corrected chi connectivity index (χ1v) is 8.94. The van der Waals surface area contributed by atoms with Gasteiger partial charge in [-0.3, -0.25) is 19.3 Å². The molecule has 0 bridgehead atoms. The molecule has 1 saturated heterocycles. The summed E-state index contributed by atoms with van der Waals surface area (Å²) in [6.07, 6.45) is 2.67. The molecule has 134 valence electrons. The number of imide groups is 1. The fourth-order valence-corrected chi connectivity index (χ4v) is 2.92. The fourth-order valence-electron chi connectivity index (χ4n) is 2.08. The second-order valence-electron chi connectivity index (χ2n) is 5.48. The van der Waals surface area contributed by atoms with Crippen LogP contribution in [0.1, 0.15) is 32.8 Å². The van der Waals surface area contributed by atoms with Crippen LogP contribution < -0.4 is 4.74 Å². The summed E-state index contributed by atoms with van der Waals surface area (Å²) < 4.78 is 10.5. The molecule has 1 aromatic carbocycles. The Balaban J connectivity index is 2.07. The van der Waals surface area contributed by atoms with Crippen molar-refractivity contribution in [3.05, 3.63) is 34.7 Å². The van der Waals surface area contributed by atoms with Gasteiger partial charge in [-0.2, -0.15) is 0 Å². The van der Waals surface area contributed by atoms with Crippen LogP contribution in [0.3, 0.4) is 0 Å². The van der Waals surface area contributed by atoms with Crippen LogP contribution in [0.5, 0.6) is 5.75 Å².